The van der Waals surface area contributed by atoms with Gasteiger partial charge in [-0.25, -0.2) is 13.9 Å². The summed E-state index contributed by atoms with van der Waals surface area (Å²) >= 11 is 0. The topological polar surface area (TPSA) is 77.1 Å². The first-order valence-electron chi connectivity index (χ1n) is 9.76. The second-order valence-electron chi connectivity index (χ2n) is 7.47. The minimum atomic E-state index is -5.94. The Morgan fingerprint density at radius 1 is 1.09 bits per heavy atom. The van der Waals surface area contributed by atoms with Gasteiger partial charge in [-0.15, -0.1) is 0 Å². The molecule has 0 aliphatic heterocycles. The fourth-order valence-corrected chi connectivity index (χ4v) is 3.21. The van der Waals surface area contributed by atoms with Crippen molar-refractivity contribution in [3.8, 4) is 11.3 Å². The van der Waals surface area contributed by atoms with Crippen molar-refractivity contribution in [1.29, 1.82) is 0 Å². The highest BCUT2D eigenvalue weighted by molar-refractivity contribution is 5.93. The van der Waals surface area contributed by atoms with Crippen LogP contribution in [-0.4, -0.2) is 36.5 Å². The van der Waals surface area contributed by atoms with Crippen LogP contribution in [0.3, 0.4) is 0 Å². The van der Waals surface area contributed by atoms with Gasteiger partial charge in [0.25, 0.3) is 5.91 Å². The van der Waals surface area contributed by atoms with Gasteiger partial charge in [-0.2, -0.15) is 32.1 Å². The minimum absolute atomic E-state index is 0.0339. The van der Waals surface area contributed by atoms with Crippen molar-refractivity contribution in [1.82, 2.24) is 29.7 Å². The third-order valence-corrected chi connectivity index (χ3v) is 5.25. The van der Waals surface area contributed by atoms with E-state index in [4.69, 9.17) is 0 Å². The molecule has 0 bridgehead atoms. The maximum Gasteiger partial charge on any atom is 0.459 e. The van der Waals surface area contributed by atoms with Crippen LogP contribution in [-0.2, 0) is 19.5 Å². The van der Waals surface area contributed by atoms with Crippen LogP contribution in [0.2, 0.25) is 0 Å². The molecule has 1 aromatic carbocycles. The summed E-state index contributed by atoms with van der Waals surface area (Å²) in [5, 5.41) is 10.2. The molecular formula is C21H16F6N6O. The maximum absolute atomic E-state index is 14.4. The minimum Gasteiger partial charge on any atom is -0.346 e. The summed E-state index contributed by atoms with van der Waals surface area (Å²) < 4.78 is 83.5. The van der Waals surface area contributed by atoms with E-state index in [0.717, 1.165) is 23.9 Å². The number of alkyl halides is 5. The summed E-state index contributed by atoms with van der Waals surface area (Å²) in [4.78, 5) is 16.6. The highest BCUT2D eigenvalue weighted by Gasteiger charge is 2.60. The van der Waals surface area contributed by atoms with E-state index in [9.17, 15) is 31.1 Å². The van der Waals surface area contributed by atoms with Gasteiger partial charge in [0.05, 0.1) is 11.9 Å². The van der Waals surface area contributed by atoms with Gasteiger partial charge in [-0.05, 0) is 37.3 Å². The summed E-state index contributed by atoms with van der Waals surface area (Å²) in [6.45, 7) is 1.80. The summed E-state index contributed by atoms with van der Waals surface area (Å²) in [5.74, 6) is -6.74. The van der Waals surface area contributed by atoms with Gasteiger partial charge >= 0.3 is 12.1 Å². The van der Waals surface area contributed by atoms with E-state index in [1.54, 1.807) is 18.7 Å². The molecule has 0 saturated heterocycles. The number of nitrogens with one attached hydrogen (secondary N) is 1. The molecule has 4 rings (SSSR count). The predicted octanol–water partition coefficient (Wildman–Crippen LogP) is 4.16. The van der Waals surface area contributed by atoms with Crippen LogP contribution in [0.4, 0.5) is 26.3 Å². The van der Waals surface area contributed by atoms with Crippen LogP contribution in [0.15, 0.2) is 42.6 Å². The second kappa shape index (κ2) is 8.15. The number of carbonyl (C=O) groups is 1. The predicted molar refractivity (Wildman–Crippen MR) is 107 cm³/mol. The molecule has 34 heavy (non-hydrogen) atoms. The van der Waals surface area contributed by atoms with Crippen molar-refractivity contribution in [2.45, 2.75) is 25.6 Å². The number of halogens is 6. The number of carbonyl (C=O) groups excluding carboxylic acids is 1. The van der Waals surface area contributed by atoms with Crippen LogP contribution < -0.4 is 5.32 Å². The lowest BCUT2D eigenvalue weighted by Crippen LogP contribution is -2.36. The fraction of sp³-hybridized carbons (Fsp3) is 0.238. The first-order valence-corrected chi connectivity index (χ1v) is 9.76. The molecule has 0 saturated carbocycles. The van der Waals surface area contributed by atoms with Crippen molar-refractivity contribution in [2.24, 2.45) is 7.05 Å². The molecule has 1 N–H and O–H groups in total. The van der Waals surface area contributed by atoms with Gasteiger partial charge in [0, 0.05) is 36.5 Å². The van der Waals surface area contributed by atoms with Gasteiger partial charge in [0.1, 0.15) is 11.5 Å². The van der Waals surface area contributed by atoms with Gasteiger partial charge in [-0.1, -0.05) is 0 Å². The first kappa shape index (κ1) is 23.3. The molecule has 0 spiro atoms. The molecule has 3 aromatic heterocycles. The van der Waals surface area contributed by atoms with Crippen LogP contribution >= 0.6 is 0 Å². The van der Waals surface area contributed by atoms with Crippen molar-refractivity contribution in [2.75, 3.05) is 0 Å². The van der Waals surface area contributed by atoms with Gasteiger partial charge in [-0.3, -0.25) is 9.48 Å². The largest absolute Gasteiger partial charge is 0.459 e. The molecule has 1 amide bonds. The van der Waals surface area contributed by atoms with Gasteiger partial charge < -0.3 is 5.32 Å². The maximum atomic E-state index is 14.4. The Kier molecular flexibility index (Phi) is 5.58. The lowest BCUT2D eigenvalue weighted by Gasteiger charge is -2.21. The standard InChI is InChI=1S/C21H16F6N6O/c1-11-13(10-29-32(11)2)9-28-19(34)16-8-18-30-15(12-3-5-14(22)6-4-12)7-17(33(18)31-16)20(23,24)21(25,26)27/h3-8,10H,9H2,1-2H3,(H,28,34). The lowest BCUT2D eigenvalue weighted by atomic mass is 10.1. The molecular weight excluding hydrogens is 466 g/mol. The number of benzene rings is 1. The van der Waals surface area contributed by atoms with Crippen molar-refractivity contribution in [3.63, 3.8) is 0 Å². The number of aryl methyl sites for hydroxylation is 1. The van der Waals surface area contributed by atoms with E-state index in [0.29, 0.717) is 11.6 Å². The molecule has 0 aliphatic carbocycles. The Morgan fingerprint density at radius 2 is 1.76 bits per heavy atom. The van der Waals surface area contributed by atoms with Crippen LogP contribution in [0.5, 0.6) is 0 Å². The number of hydrogen-bond acceptors (Lipinski definition) is 4. The molecule has 0 radical (unpaired) electrons. The molecule has 178 valence electrons. The van der Waals surface area contributed by atoms with E-state index in [1.807, 2.05) is 0 Å². The van der Waals surface area contributed by atoms with Crippen molar-refractivity contribution in [3.05, 3.63) is 71.1 Å². The third-order valence-electron chi connectivity index (χ3n) is 5.25. The zero-order chi connectivity index (χ0) is 24.8. The SMILES string of the molecule is Cc1c(CNC(=O)c2cc3nc(-c4ccc(F)cc4)cc(C(F)(F)C(F)(F)F)n3n2)cnn1C. The Labute approximate surface area is 188 Å². The number of fused-ring (bicyclic) bond motifs is 1. The zero-order valence-electron chi connectivity index (χ0n) is 17.7. The van der Waals surface area contributed by atoms with E-state index >= 15 is 0 Å². The Bertz CT molecular complexity index is 1370. The molecule has 7 nitrogen and oxygen atoms in total. The molecule has 0 fully saturated rings. The van der Waals surface area contributed by atoms with Gasteiger partial charge in [0.15, 0.2) is 11.3 Å². The fourth-order valence-electron chi connectivity index (χ4n) is 3.21. The van der Waals surface area contributed by atoms with E-state index in [-0.39, 0.29) is 22.3 Å². The quantitative estimate of drug-likeness (QED) is 0.434. The number of aromatic nitrogens is 5. The number of nitrogens with zero attached hydrogens (tertiary/aromatic N) is 5. The number of amides is 1. The second-order valence-corrected chi connectivity index (χ2v) is 7.47. The third kappa shape index (κ3) is 4.08. The van der Waals surface area contributed by atoms with E-state index < -0.39 is 40.9 Å². The van der Waals surface area contributed by atoms with E-state index in [2.05, 4.69) is 20.5 Å². The number of rotatable bonds is 5. The summed E-state index contributed by atoms with van der Waals surface area (Å²) in [6, 6.07) is 5.90. The normalized spacial score (nSPS) is 12.4. The molecule has 13 heteroatoms. The smallest absolute Gasteiger partial charge is 0.346 e. The Balaban J connectivity index is 1.77. The first-order chi connectivity index (χ1) is 15.9. The molecule has 0 unspecified atom stereocenters. The molecule has 3 heterocycles. The monoisotopic (exact) mass is 482 g/mol. The lowest BCUT2D eigenvalue weighted by molar-refractivity contribution is -0.291. The van der Waals surface area contributed by atoms with E-state index in [1.165, 1.54) is 18.3 Å². The van der Waals surface area contributed by atoms with Gasteiger partial charge in [0.2, 0.25) is 0 Å². The average Bonchev–Trinajstić information content (AvgIpc) is 3.34. The van der Waals surface area contributed by atoms with Crippen molar-refractivity contribution < 1.29 is 31.1 Å². The average molecular weight is 482 g/mol. The Hall–Kier alpha value is -3.90. The van der Waals surface area contributed by atoms with Crippen LogP contribution in [0.1, 0.15) is 27.4 Å². The molecule has 4 aromatic rings. The Morgan fingerprint density at radius 3 is 2.35 bits per heavy atom. The number of hydrogen-bond donors (Lipinski definition) is 1. The summed E-state index contributed by atoms with van der Waals surface area (Å²) in [6.07, 6.45) is -4.41. The molecule has 0 atom stereocenters. The summed E-state index contributed by atoms with van der Waals surface area (Å²) in [7, 11) is 1.70. The summed E-state index contributed by atoms with van der Waals surface area (Å²) in [5.41, 5.74) is -1.08. The highest BCUT2D eigenvalue weighted by Crippen LogP contribution is 2.44. The molecule has 0 aliphatic rings. The van der Waals surface area contributed by atoms with Crippen LogP contribution in [0, 0.1) is 12.7 Å². The highest BCUT2D eigenvalue weighted by atomic mass is 19.4. The zero-order valence-corrected chi connectivity index (χ0v) is 17.7. The van der Waals surface area contributed by atoms with Crippen LogP contribution in [0.25, 0.3) is 16.9 Å². The van der Waals surface area contributed by atoms with Crippen molar-refractivity contribution >= 4 is 11.6 Å².